The van der Waals surface area contributed by atoms with E-state index < -0.39 is 28.9 Å². The Morgan fingerprint density at radius 3 is 2.48 bits per heavy atom. The van der Waals surface area contributed by atoms with E-state index in [1.165, 1.54) is 18.7 Å². The summed E-state index contributed by atoms with van der Waals surface area (Å²) in [4.78, 5) is 14.0. The molecule has 2 aliphatic rings. The fourth-order valence-corrected chi connectivity index (χ4v) is 5.31. The summed E-state index contributed by atoms with van der Waals surface area (Å²) in [7, 11) is 0. The van der Waals surface area contributed by atoms with E-state index in [-0.39, 0.29) is 37.8 Å². The molecule has 0 spiro atoms. The van der Waals surface area contributed by atoms with Gasteiger partial charge in [0.2, 0.25) is 5.91 Å². The van der Waals surface area contributed by atoms with E-state index in [2.05, 4.69) is 5.32 Å². The van der Waals surface area contributed by atoms with Crippen molar-refractivity contribution in [2.75, 3.05) is 5.32 Å². The van der Waals surface area contributed by atoms with Crippen LogP contribution in [-0.2, 0) is 17.4 Å². The van der Waals surface area contributed by atoms with Crippen molar-refractivity contribution < 1.29 is 27.5 Å². The molecule has 1 heterocycles. The smallest absolute Gasteiger partial charge is 0.389 e. The molecule has 0 radical (unpaired) electrons. The zero-order valence-electron chi connectivity index (χ0n) is 17.0. The Morgan fingerprint density at radius 1 is 1.13 bits per heavy atom. The minimum atomic E-state index is -4.56. The molecule has 0 atom stereocenters. The van der Waals surface area contributed by atoms with Crippen LogP contribution in [0.15, 0.2) is 46.2 Å². The average Bonchev–Trinajstić information content (AvgIpc) is 2.68. The minimum Gasteiger partial charge on any atom is -0.389 e. The number of rotatable bonds is 3. The van der Waals surface area contributed by atoms with Gasteiger partial charge in [-0.2, -0.15) is 13.2 Å². The van der Waals surface area contributed by atoms with Gasteiger partial charge in [-0.1, -0.05) is 30.0 Å². The summed E-state index contributed by atoms with van der Waals surface area (Å²) in [6, 6.07) is 9.54. The normalized spacial score (nSPS) is 25.5. The maximum atomic E-state index is 14.0. The lowest BCUT2D eigenvalue weighted by atomic mass is 9.76. The number of hydrogen-bond acceptors (Lipinski definition) is 3. The van der Waals surface area contributed by atoms with Crippen LogP contribution < -0.4 is 5.32 Å². The number of fused-ring (bicyclic) bond motifs is 2. The van der Waals surface area contributed by atoms with Crippen molar-refractivity contribution in [2.45, 2.75) is 72.7 Å². The van der Waals surface area contributed by atoms with E-state index >= 15 is 0 Å². The van der Waals surface area contributed by atoms with Crippen molar-refractivity contribution in [3.05, 3.63) is 53.1 Å². The average molecular weight is 454 g/mol. The number of aliphatic hydroxyl groups is 1. The third-order valence-electron chi connectivity index (χ3n) is 6.08. The van der Waals surface area contributed by atoms with E-state index in [1.54, 1.807) is 0 Å². The number of alkyl halides is 4. The van der Waals surface area contributed by atoms with E-state index in [0.29, 0.717) is 16.9 Å². The zero-order valence-corrected chi connectivity index (χ0v) is 17.8. The highest BCUT2D eigenvalue weighted by atomic mass is 32.2. The van der Waals surface area contributed by atoms with Gasteiger partial charge in [-0.25, -0.2) is 4.39 Å². The quantitative estimate of drug-likeness (QED) is 0.470. The van der Waals surface area contributed by atoms with Gasteiger partial charge in [-0.15, -0.1) is 0 Å². The van der Waals surface area contributed by atoms with Crippen LogP contribution in [0, 0.1) is 0 Å². The first-order chi connectivity index (χ1) is 14.4. The lowest BCUT2D eigenvalue weighted by molar-refractivity contribution is -0.137. The maximum absolute atomic E-state index is 14.0. The van der Waals surface area contributed by atoms with Crippen LogP contribution in [0.5, 0.6) is 0 Å². The number of carbonyl (C=O) groups excluding carboxylic acids is 1. The number of nitrogens with one attached hydrogen (secondary N) is 1. The molecule has 2 aromatic rings. The Kier molecular flexibility index (Phi) is 5.58. The second kappa shape index (κ2) is 7.81. The third kappa shape index (κ3) is 4.90. The highest BCUT2D eigenvalue weighted by Gasteiger charge is 2.41. The number of anilines is 1. The van der Waals surface area contributed by atoms with E-state index in [0.717, 1.165) is 22.6 Å². The molecule has 2 aromatic carbocycles. The van der Waals surface area contributed by atoms with E-state index in [1.807, 2.05) is 24.3 Å². The molecular formula is C23H23F4NO2S. The molecule has 0 unspecified atom stereocenters. The Morgan fingerprint density at radius 2 is 1.81 bits per heavy atom. The fourth-order valence-electron chi connectivity index (χ4n) is 4.16. The summed E-state index contributed by atoms with van der Waals surface area (Å²) in [6.45, 7) is 1.47. The molecule has 0 aromatic heterocycles. The second-order valence-electron chi connectivity index (χ2n) is 8.75. The molecule has 1 saturated carbocycles. The predicted molar refractivity (Wildman–Crippen MR) is 111 cm³/mol. The van der Waals surface area contributed by atoms with Gasteiger partial charge >= 0.3 is 6.18 Å². The fraction of sp³-hybridized carbons (Fsp3) is 0.435. The lowest BCUT2D eigenvalue weighted by Crippen LogP contribution is -2.41. The molecule has 1 amide bonds. The van der Waals surface area contributed by atoms with Gasteiger partial charge in [-0.3, -0.25) is 4.79 Å². The van der Waals surface area contributed by atoms with Crippen LogP contribution in [0.2, 0.25) is 0 Å². The monoisotopic (exact) mass is 453 g/mol. The van der Waals surface area contributed by atoms with Gasteiger partial charge < -0.3 is 10.4 Å². The van der Waals surface area contributed by atoms with Crippen LogP contribution in [0.3, 0.4) is 0 Å². The van der Waals surface area contributed by atoms with Crippen LogP contribution in [0.1, 0.15) is 55.7 Å². The zero-order chi connectivity index (χ0) is 22.4. The van der Waals surface area contributed by atoms with Gasteiger partial charge in [0.15, 0.2) is 0 Å². The molecule has 1 aliphatic carbocycles. The standard InChI is InChI=1S/C23H23F4NO2S/c1-21(24)6-8-22(30,9-7-21)13-20(29)28-17-11-15(23(25,26)27)12-19-16(17)10-14-4-2-3-5-18(14)31-19/h2-5,11-12,30H,6-10,13H2,1H3,(H,28,29). The number of benzene rings is 2. The van der Waals surface area contributed by atoms with E-state index in [9.17, 15) is 27.5 Å². The van der Waals surface area contributed by atoms with Gasteiger partial charge in [0, 0.05) is 21.9 Å². The Bertz CT molecular complexity index is 1010. The van der Waals surface area contributed by atoms with Crippen LogP contribution >= 0.6 is 11.8 Å². The third-order valence-corrected chi connectivity index (χ3v) is 7.29. The van der Waals surface area contributed by atoms with Gasteiger partial charge in [0.25, 0.3) is 0 Å². The topological polar surface area (TPSA) is 49.3 Å². The number of amides is 1. The summed E-state index contributed by atoms with van der Waals surface area (Å²) in [5, 5.41) is 13.3. The second-order valence-corrected chi connectivity index (χ2v) is 9.83. The molecule has 1 fully saturated rings. The summed E-state index contributed by atoms with van der Waals surface area (Å²) in [5.41, 5.74) is -1.85. The summed E-state index contributed by atoms with van der Waals surface area (Å²) >= 11 is 1.25. The molecular weight excluding hydrogens is 430 g/mol. The number of halogens is 4. The van der Waals surface area contributed by atoms with Crippen molar-refractivity contribution in [1.82, 2.24) is 0 Å². The van der Waals surface area contributed by atoms with E-state index in [4.69, 9.17) is 0 Å². The van der Waals surface area contributed by atoms with Crippen LogP contribution in [-0.4, -0.2) is 22.3 Å². The summed E-state index contributed by atoms with van der Waals surface area (Å²) in [5.74, 6) is -0.574. The highest BCUT2D eigenvalue weighted by Crippen LogP contribution is 2.45. The molecule has 31 heavy (non-hydrogen) atoms. The minimum absolute atomic E-state index is 0.103. The van der Waals surface area contributed by atoms with Crippen molar-refractivity contribution >= 4 is 23.4 Å². The first-order valence-corrected chi connectivity index (χ1v) is 11.0. The highest BCUT2D eigenvalue weighted by molar-refractivity contribution is 7.99. The van der Waals surface area contributed by atoms with Crippen molar-refractivity contribution in [3.8, 4) is 0 Å². The molecule has 166 valence electrons. The van der Waals surface area contributed by atoms with Gasteiger partial charge in [0.05, 0.1) is 17.6 Å². The maximum Gasteiger partial charge on any atom is 0.416 e. The predicted octanol–water partition coefficient (Wildman–Crippen LogP) is 6.12. The first kappa shape index (κ1) is 22.1. The van der Waals surface area contributed by atoms with Crippen molar-refractivity contribution in [1.29, 1.82) is 0 Å². The molecule has 3 nitrogen and oxygen atoms in total. The Hall–Kier alpha value is -2.06. The molecule has 2 N–H and O–H groups in total. The lowest BCUT2D eigenvalue weighted by Gasteiger charge is -2.37. The number of hydrogen-bond donors (Lipinski definition) is 2. The Labute approximate surface area is 182 Å². The summed E-state index contributed by atoms with van der Waals surface area (Å²) < 4.78 is 54.5. The molecule has 4 rings (SSSR count). The molecule has 0 saturated heterocycles. The van der Waals surface area contributed by atoms with Crippen LogP contribution in [0.4, 0.5) is 23.2 Å². The number of carbonyl (C=O) groups is 1. The van der Waals surface area contributed by atoms with Crippen molar-refractivity contribution in [3.63, 3.8) is 0 Å². The van der Waals surface area contributed by atoms with Crippen molar-refractivity contribution in [2.24, 2.45) is 0 Å². The summed E-state index contributed by atoms with van der Waals surface area (Å²) in [6.07, 6.45) is -3.88. The van der Waals surface area contributed by atoms with Gasteiger partial charge in [0.1, 0.15) is 5.67 Å². The molecule has 1 aliphatic heterocycles. The molecule has 0 bridgehead atoms. The Balaban J connectivity index is 1.60. The SMILES string of the molecule is CC1(F)CCC(O)(CC(=O)Nc2cc(C(F)(F)F)cc3c2Cc2ccccc2S3)CC1. The first-order valence-electron chi connectivity index (χ1n) is 10.2. The largest absolute Gasteiger partial charge is 0.416 e. The van der Waals surface area contributed by atoms with Crippen LogP contribution in [0.25, 0.3) is 0 Å². The molecule has 8 heteroatoms. The van der Waals surface area contributed by atoms with Gasteiger partial charge in [-0.05, 0) is 61.9 Å².